The standard InChI is InChI=1S/C57H98O6/c1-4-7-10-13-16-19-22-25-27-28-30-32-35-38-41-44-47-50-56(59)62-53-54(52-61-55(58)49-46-43-40-37-34-31-24-21-18-15-12-9-6-3)63-57(60)51-48-45-42-39-36-33-29-26-23-20-17-14-11-8-5-2/h20,23,25,27,30-32,34,38,40-41,43,54H,4-19,21-22,24,26,28-29,33,35-37,39,42,44-53H2,1-3H3/b23-20-,27-25-,32-30-,34-31-,41-38-,43-40-. The highest BCUT2D eigenvalue weighted by Crippen LogP contribution is 2.13. The van der Waals surface area contributed by atoms with Gasteiger partial charge in [-0.15, -0.1) is 0 Å². The van der Waals surface area contributed by atoms with Gasteiger partial charge in [-0.05, 0) is 96.3 Å². The summed E-state index contributed by atoms with van der Waals surface area (Å²) in [6.45, 7) is 6.51. The van der Waals surface area contributed by atoms with Crippen LogP contribution >= 0.6 is 0 Å². The van der Waals surface area contributed by atoms with Crippen LogP contribution in [-0.2, 0) is 28.6 Å². The summed E-state index contributed by atoms with van der Waals surface area (Å²) in [5.41, 5.74) is 0. The first-order valence-electron chi connectivity index (χ1n) is 26.4. The first-order chi connectivity index (χ1) is 31.0. The van der Waals surface area contributed by atoms with Crippen molar-refractivity contribution in [3.8, 4) is 0 Å². The predicted molar refractivity (Wildman–Crippen MR) is 270 cm³/mol. The number of carbonyl (C=O) groups excluding carboxylic acids is 3. The molecule has 0 spiro atoms. The molecule has 0 aliphatic carbocycles. The maximum atomic E-state index is 12.8. The van der Waals surface area contributed by atoms with Crippen molar-refractivity contribution in [3.05, 3.63) is 72.9 Å². The molecule has 0 aliphatic rings. The lowest BCUT2D eigenvalue weighted by atomic mass is 10.1. The Bertz CT molecular complexity index is 1190. The quantitative estimate of drug-likeness (QED) is 0.0262. The SMILES string of the molecule is CCCCCC/C=C\CCCCCCCCCC(=O)OC(COC(=O)CC/C=C\C/C=C\CCCCCCCC)COC(=O)CCC/C=C\C/C=C\C/C=C\CCCCCCCC. The third kappa shape index (κ3) is 49.7. The molecule has 0 aliphatic heterocycles. The van der Waals surface area contributed by atoms with Crippen molar-refractivity contribution < 1.29 is 28.6 Å². The predicted octanol–water partition coefficient (Wildman–Crippen LogP) is 17.4. The lowest BCUT2D eigenvalue weighted by Crippen LogP contribution is -2.30. The van der Waals surface area contributed by atoms with Gasteiger partial charge in [0, 0.05) is 19.3 Å². The zero-order chi connectivity index (χ0) is 45.8. The summed E-state index contributed by atoms with van der Waals surface area (Å²) in [7, 11) is 0. The van der Waals surface area contributed by atoms with Gasteiger partial charge < -0.3 is 14.2 Å². The Hall–Kier alpha value is -3.15. The van der Waals surface area contributed by atoms with Crippen LogP contribution in [0.4, 0.5) is 0 Å². The number of rotatable bonds is 47. The molecule has 0 saturated carbocycles. The van der Waals surface area contributed by atoms with Crippen LogP contribution in [-0.4, -0.2) is 37.2 Å². The monoisotopic (exact) mass is 879 g/mol. The highest BCUT2D eigenvalue weighted by atomic mass is 16.6. The Morgan fingerprint density at radius 2 is 0.619 bits per heavy atom. The van der Waals surface area contributed by atoms with E-state index in [0.29, 0.717) is 19.3 Å². The second-order valence-electron chi connectivity index (χ2n) is 17.4. The van der Waals surface area contributed by atoms with Crippen LogP contribution in [0.1, 0.15) is 252 Å². The van der Waals surface area contributed by atoms with E-state index in [2.05, 4.69) is 87.6 Å². The highest BCUT2D eigenvalue weighted by molar-refractivity contribution is 5.71. The molecule has 0 aromatic rings. The number of ether oxygens (including phenoxy) is 3. The Labute approximate surface area is 389 Å². The number of hydrogen-bond acceptors (Lipinski definition) is 6. The van der Waals surface area contributed by atoms with Crippen molar-refractivity contribution in [1.29, 1.82) is 0 Å². The van der Waals surface area contributed by atoms with Gasteiger partial charge >= 0.3 is 17.9 Å². The lowest BCUT2D eigenvalue weighted by Gasteiger charge is -2.18. The second-order valence-corrected chi connectivity index (χ2v) is 17.4. The molecular weight excluding hydrogens is 781 g/mol. The molecule has 0 radical (unpaired) electrons. The van der Waals surface area contributed by atoms with Gasteiger partial charge in [0.25, 0.3) is 0 Å². The Morgan fingerprint density at radius 1 is 0.317 bits per heavy atom. The van der Waals surface area contributed by atoms with Gasteiger partial charge in [0.2, 0.25) is 0 Å². The molecule has 0 amide bonds. The molecule has 63 heavy (non-hydrogen) atoms. The third-order valence-electron chi connectivity index (χ3n) is 11.2. The topological polar surface area (TPSA) is 78.9 Å². The van der Waals surface area contributed by atoms with Gasteiger partial charge in [-0.25, -0.2) is 0 Å². The summed E-state index contributed by atoms with van der Waals surface area (Å²) in [4.78, 5) is 37.9. The zero-order valence-electron chi connectivity index (χ0n) is 41.3. The van der Waals surface area contributed by atoms with E-state index in [9.17, 15) is 14.4 Å². The van der Waals surface area contributed by atoms with Crippen LogP contribution in [0.2, 0.25) is 0 Å². The Kier molecular flexibility index (Phi) is 48.9. The molecule has 0 fully saturated rings. The molecule has 6 nitrogen and oxygen atoms in total. The second kappa shape index (κ2) is 51.5. The summed E-state index contributed by atoms with van der Waals surface area (Å²) in [5.74, 6) is -1.04. The number of esters is 3. The van der Waals surface area contributed by atoms with E-state index in [-0.39, 0.29) is 44.0 Å². The summed E-state index contributed by atoms with van der Waals surface area (Å²) in [5, 5.41) is 0. The minimum Gasteiger partial charge on any atom is -0.462 e. The molecular formula is C57H98O6. The van der Waals surface area contributed by atoms with Crippen molar-refractivity contribution in [1.82, 2.24) is 0 Å². The minimum absolute atomic E-state index is 0.120. The van der Waals surface area contributed by atoms with Gasteiger partial charge in [0.05, 0.1) is 0 Å². The first kappa shape index (κ1) is 59.9. The Morgan fingerprint density at radius 3 is 1.06 bits per heavy atom. The number of hydrogen-bond donors (Lipinski definition) is 0. The summed E-state index contributed by atoms with van der Waals surface area (Å²) >= 11 is 0. The van der Waals surface area contributed by atoms with Gasteiger partial charge in [0.1, 0.15) is 13.2 Å². The van der Waals surface area contributed by atoms with Crippen LogP contribution in [0.25, 0.3) is 0 Å². The molecule has 0 aromatic carbocycles. The minimum atomic E-state index is -0.819. The van der Waals surface area contributed by atoms with Crippen molar-refractivity contribution in [2.45, 2.75) is 258 Å². The third-order valence-corrected chi connectivity index (χ3v) is 11.2. The molecule has 0 rings (SSSR count). The lowest BCUT2D eigenvalue weighted by molar-refractivity contribution is -0.166. The zero-order valence-corrected chi connectivity index (χ0v) is 41.3. The summed E-state index contributed by atoms with van der Waals surface area (Å²) in [6, 6.07) is 0. The molecule has 6 heteroatoms. The molecule has 1 unspecified atom stereocenters. The van der Waals surface area contributed by atoms with E-state index in [4.69, 9.17) is 14.2 Å². The normalized spacial score (nSPS) is 12.6. The summed E-state index contributed by atoms with van der Waals surface area (Å²) in [6.07, 6.45) is 64.7. The molecule has 0 N–H and O–H groups in total. The smallest absolute Gasteiger partial charge is 0.306 e. The highest BCUT2D eigenvalue weighted by Gasteiger charge is 2.19. The molecule has 0 aromatic heterocycles. The van der Waals surface area contributed by atoms with Crippen molar-refractivity contribution in [3.63, 3.8) is 0 Å². The van der Waals surface area contributed by atoms with Crippen LogP contribution in [0.3, 0.4) is 0 Å². The average molecular weight is 879 g/mol. The fourth-order valence-corrected chi connectivity index (χ4v) is 7.15. The molecule has 1 atom stereocenters. The van der Waals surface area contributed by atoms with E-state index < -0.39 is 6.10 Å². The van der Waals surface area contributed by atoms with E-state index in [1.54, 1.807) is 0 Å². The van der Waals surface area contributed by atoms with Crippen LogP contribution in [0.15, 0.2) is 72.9 Å². The molecule has 0 saturated heterocycles. The first-order valence-corrected chi connectivity index (χ1v) is 26.4. The van der Waals surface area contributed by atoms with E-state index in [1.807, 2.05) is 6.08 Å². The largest absolute Gasteiger partial charge is 0.462 e. The fourth-order valence-electron chi connectivity index (χ4n) is 7.15. The number of unbranched alkanes of at least 4 members (excludes halogenated alkanes) is 24. The van der Waals surface area contributed by atoms with Crippen molar-refractivity contribution >= 4 is 17.9 Å². The Balaban J connectivity index is 4.52. The molecule has 0 heterocycles. The van der Waals surface area contributed by atoms with E-state index in [0.717, 1.165) is 51.4 Å². The van der Waals surface area contributed by atoms with Gasteiger partial charge in [-0.3, -0.25) is 14.4 Å². The van der Waals surface area contributed by atoms with Crippen LogP contribution in [0.5, 0.6) is 0 Å². The van der Waals surface area contributed by atoms with Gasteiger partial charge in [0.15, 0.2) is 6.10 Å². The van der Waals surface area contributed by atoms with Crippen molar-refractivity contribution in [2.75, 3.05) is 13.2 Å². The van der Waals surface area contributed by atoms with E-state index in [1.165, 1.54) is 148 Å². The van der Waals surface area contributed by atoms with Crippen LogP contribution < -0.4 is 0 Å². The van der Waals surface area contributed by atoms with E-state index >= 15 is 0 Å². The maximum Gasteiger partial charge on any atom is 0.306 e. The van der Waals surface area contributed by atoms with Gasteiger partial charge in [-0.2, -0.15) is 0 Å². The molecule has 0 bridgehead atoms. The average Bonchev–Trinajstić information content (AvgIpc) is 3.28. The van der Waals surface area contributed by atoms with Crippen molar-refractivity contribution in [2.24, 2.45) is 0 Å². The number of allylic oxidation sites excluding steroid dienone is 12. The van der Waals surface area contributed by atoms with Crippen LogP contribution in [0, 0.1) is 0 Å². The number of carbonyl (C=O) groups is 3. The van der Waals surface area contributed by atoms with Gasteiger partial charge in [-0.1, -0.05) is 209 Å². The summed E-state index contributed by atoms with van der Waals surface area (Å²) < 4.78 is 16.7. The fraction of sp³-hybridized carbons (Fsp3) is 0.737. The molecule has 362 valence electrons. The maximum absolute atomic E-state index is 12.8.